The number of halogens is 1. The van der Waals surface area contributed by atoms with Crippen molar-refractivity contribution in [2.45, 2.75) is 19.9 Å². The van der Waals surface area contributed by atoms with Crippen molar-refractivity contribution in [2.24, 2.45) is 0 Å². The number of hydrogen-bond donors (Lipinski definition) is 1. The van der Waals surface area contributed by atoms with Crippen LogP contribution in [-0.4, -0.2) is 54.5 Å². The molecule has 1 saturated heterocycles. The van der Waals surface area contributed by atoms with Crippen LogP contribution in [0.15, 0.2) is 28.8 Å². The minimum absolute atomic E-state index is 0. The van der Waals surface area contributed by atoms with Gasteiger partial charge in [-0.2, -0.15) is 0 Å². The van der Waals surface area contributed by atoms with Crippen LogP contribution in [0.3, 0.4) is 0 Å². The highest BCUT2D eigenvalue weighted by Gasteiger charge is 2.29. The number of Topliss-reactive ketones (excluding diaryl/α,β-unsaturated/α-hetero) is 1. The maximum absolute atomic E-state index is 12.8. The van der Waals surface area contributed by atoms with Gasteiger partial charge in [-0.25, -0.2) is 0 Å². The first kappa shape index (κ1) is 19.4. The number of nitrogens with one attached hydrogen (secondary N) is 1. The third-order valence-electron chi connectivity index (χ3n) is 5.11. The van der Waals surface area contributed by atoms with E-state index in [1.807, 2.05) is 29.2 Å². The second-order valence-electron chi connectivity index (χ2n) is 6.74. The summed E-state index contributed by atoms with van der Waals surface area (Å²) in [4.78, 5) is 28.3. The average molecular weight is 391 g/mol. The first-order valence-corrected chi connectivity index (χ1v) is 8.97. The lowest BCUT2D eigenvalue weighted by Gasteiger charge is -2.36. The van der Waals surface area contributed by atoms with Gasteiger partial charge in [-0.15, -0.1) is 12.4 Å². The molecule has 3 heterocycles. The number of nitrogens with zero attached hydrogens (tertiary/aromatic N) is 3. The van der Waals surface area contributed by atoms with Gasteiger partial charge in [0.15, 0.2) is 11.5 Å². The van der Waals surface area contributed by atoms with Crippen molar-refractivity contribution >= 4 is 29.8 Å². The lowest BCUT2D eigenvalue weighted by Crippen LogP contribution is -2.49. The number of rotatable bonds is 3. The van der Waals surface area contributed by atoms with E-state index in [2.05, 4.69) is 15.4 Å². The molecule has 1 amide bonds. The Morgan fingerprint density at radius 2 is 1.81 bits per heavy atom. The van der Waals surface area contributed by atoms with Gasteiger partial charge in [-0.1, -0.05) is 5.16 Å². The van der Waals surface area contributed by atoms with Crippen LogP contribution in [0.4, 0.5) is 5.69 Å². The van der Waals surface area contributed by atoms with E-state index in [0.717, 1.165) is 43.1 Å². The Bertz CT molecular complexity index is 826. The quantitative estimate of drug-likeness (QED) is 0.806. The van der Waals surface area contributed by atoms with Gasteiger partial charge >= 0.3 is 0 Å². The van der Waals surface area contributed by atoms with Crippen LogP contribution >= 0.6 is 12.4 Å². The van der Waals surface area contributed by atoms with E-state index in [9.17, 15) is 9.59 Å². The predicted octanol–water partition coefficient (Wildman–Crippen LogP) is 1.91. The zero-order valence-electron chi connectivity index (χ0n) is 15.2. The lowest BCUT2D eigenvalue weighted by atomic mass is 10.1. The van der Waals surface area contributed by atoms with Gasteiger partial charge in [0.1, 0.15) is 5.76 Å². The van der Waals surface area contributed by atoms with Crippen LogP contribution in [0.1, 0.15) is 39.1 Å². The van der Waals surface area contributed by atoms with Crippen molar-refractivity contribution < 1.29 is 14.1 Å². The number of hydrogen-bond acceptors (Lipinski definition) is 6. The molecular formula is C19H23ClN4O3. The van der Waals surface area contributed by atoms with Crippen LogP contribution < -0.4 is 10.2 Å². The maximum Gasteiger partial charge on any atom is 0.276 e. The number of carbonyl (C=O) groups is 2. The highest BCUT2D eigenvalue weighted by atomic mass is 35.5. The van der Waals surface area contributed by atoms with Gasteiger partial charge in [-0.05, 0) is 31.2 Å². The smallest absolute Gasteiger partial charge is 0.276 e. The zero-order valence-corrected chi connectivity index (χ0v) is 16.1. The highest BCUT2D eigenvalue weighted by Crippen LogP contribution is 2.22. The van der Waals surface area contributed by atoms with Gasteiger partial charge in [0.25, 0.3) is 5.91 Å². The summed E-state index contributed by atoms with van der Waals surface area (Å²) in [5.74, 6) is 0.846. The van der Waals surface area contributed by atoms with Crippen molar-refractivity contribution in [1.29, 1.82) is 0 Å². The van der Waals surface area contributed by atoms with Gasteiger partial charge in [0.2, 0.25) is 0 Å². The minimum atomic E-state index is -0.0507. The van der Waals surface area contributed by atoms with Gasteiger partial charge in [0, 0.05) is 62.5 Å². The predicted molar refractivity (Wildman–Crippen MR) is 104 cm³/mol. The molecule has 0 atom stereocenters. The van der Waals surface area contributed by atoms with Gasteiger partial charge in [-0.3, -0.25) is 9.59 Å². The molecular weight excluding hydrogens is 368 g/mol. The number of anilines is 1. The van der Waals surface area contributed by atoms with Crippen LogP contribution in [0, 0.1) is 0 Å². The number of carbonyl (C=O) groups excluding carboxylic acids is 2. The summed E-state index contributed by atoms with van der Waals surface area (Å²) >= 11 is 0. The van der Waals surface area contributed by atoms with Gasteiger partial charge in [0.05, 0.1) is 0 Å². The molecule has 2 aliphatic heterocycles. The SMILES string of the molecule is CC(=O)c1ccc(N2CCN(C(=O)c3noc4c3CNCC4)CC2)cc1.Cl. The Morgan fingerprint density at radius 3 is 2.48 bits per heavy atom. The molecule has 4 rings (SSSR count). The zero-order chi connectivity index (χ0) is 18.1. The third kappa shape index (κ3) is 3.84. The number of fused-ring (bicyclic) bond motifs is 1. The van der Waals surface area contributed by atoms with Crippen molar-refractivity contribution in [2.75, 3.05) is 37.6 Å². The highest BCUT2D eigenvalue weighted by molar-refractivity contribution is 5.95. The average Bonchev–Trinajstić information content (AvgIpc) is 3.12. The molecule has 0 unspecified atom stereocenters. The molecule has 0 spiro atoms. The van der Waals surface area contributed by atoms with E-state index in [1.165, 1.54) is 0 Å². The summed E-state index contributed by atoms with van der Waals surface area (Å²) < 4.78 is 5.34. The van der Waals surface area contributed by atoms with Crippen molar-refractivity contribution in [3.8, 4) is 0 Å². The van der Waals surface area contributed by atoms with Crippen molar-refractivity contribution in [3.05, 3.63) is 46.8 Å². The maximum atomic E-state index is 12.8. The normalized spacial score (nSPS) is 16.5. The number of aromatic nitrogens is 1. The molecule has 7 nitrogen and oxygen atoms in total. The van der Waals surface area contributed by atoms with Crippen LogP contribution in [0.5, 0.6) is 0 Å². The molecule has 1 aromatic heterocycles. The van der Waals surface area contributed by atoms with E-state index in [1.54, 1.807) is 6.92 Å². The molecule has 0 saturated carbocycles. The number of piperazine rings is 1. The third-order valence-corrected chi connectivity index (χ3v) is 5.11. The minimum Gasteiger partial charge on any atom is -0.368 e. The van der Waals surface area contributed by atoms with Crippen molar-refractivity contribution in [3.63, 3.8) is 0 Å². The topological polar surface area (TPSA) is 78.7 Å². The lowest BCUT2D eigenvalue weighted by molar-refractivity contribution is 0.0735. The van der Waals surface area contributed by atoms with E-state index in [-0.39, 0.29) is 24.1 Å². The molecule has 144 valence electrons. The molecule has 1 fully saturated rings. The van der Waals surface area contributed by atoms with Crippen LogP contribution in [0.25, 0.3) is 0 Å². The summed E-state index contributed by atoms with van der Waals surface area (Å²) in [6.07, 6.45) is 0.777. The second-order valence-corrected chi connectivity index (χ2v) is 6.74. The second kappa shape index (κ2) is 8.10. The molecule has 0 bridgehead atoms. The molecule has 8 heteroatoms. The largest absolute Gasteiger partial charge is 0.368 e. The molecule has 0 radical (unpaired) electrons. The first-order chi connectivity index (χ1) is 12.6. The first-order valence-electron chi connectivity index (χ1n) is 8.97. The van der Waals surface area contributed by atoms with Gasteiger partial charge < -0.3 is 19.6 Å². The van der Waals surface area contributed by atoms with E-state index in [0.29, 0.717) is 30.9 Å². The molecule has 0 aliphatic carbocycles. The Labute approximate surface area is 164 Å². The number of benzene rings is 1. The molecule has 1 N–H and O–H groups in total. The molecule has 1 aromatic carbocycles. The fourth-order valence-corrected chi connectivity index (χ4v) is 3.53. The monoisotopic (exact) mass is 390 g/mol. The Hall–Kier alpha value is -2.38. The summed E-state index contributed by atoms with van der Waals surface area (Å²) in [5.41, 5.74) is 3.15. The fourth-order valence-electron chi connectivity index (χ4n) is 3.53. The summed E-state index contributed by atoms with van der Waals surface area (Å²) in [6.45, 7) is 5.86. The Balaban J connectivity index is 0.00000210. The van der Waals surface area contributed by atoms with E-state index in [4.69, 9.17) is 4.52 Å². The molecule has 2 aliphatic rings. The summed E-state index contributed by atoms with van der Waals surface area (Å²) in [7, 11) is 0. The Morgan fingerprint density at radius 1 is 1.11 bits per heavy atom. The standard InChI is InChI=1S/C19H22N4O3.ClH/c1-13(24)14-2-4-15(5-3-14)22-8-10-23(11-9-22)19(25)18-16-12-20-7-6-17(16)26-21-18;/h2-5,20H,6-12H2,1H3;1H. The fraction of sp³-hybridized carbons (Fsp3) is 0.421. The summed E-state index contributed by atoms with van der Waals surface area (Å²) in [5, 5.41) is 7.29. The van der Waals surface area contributed by atoms with Crippen molar-refractivity contribution in [1.82, 2.24) is 15.4 Å². The number of ketones is 1. The molecule has 27 heavy (non-hydrogen) atoms. The Kier molecular flexibility index (Phi) is 5.82. The summed E-state index contributed by atoms with van der Waals surface area (Å²) in [6, 6.07) is 7.63. The van der Waals surface area contributed by atoms with Crippen LogP contribution in [0.2, 0.25) is 0 Å². The van der Waals surface area contributed by atoms with Crippen LogP contribution in [-0.2, 0) is 13.0 Å². The van der Waals surface area contributed by atoms with E-state index >= 15 is 0 Å². The van der Waals surface area contributed by atoms with E-state index < -0.39 is 0 Å². The molecule has 2 aromatic rings. The number of amides is 1.